The van der Waals surface area contributed by atoms with E-state index in [2.05, 4.69) is 4.72 Å². The highest BCUT2D eigenvalue weighted by Crippen LogP contribution is 2.21. The summed E-state index contributed by atoms with van der Waals surface area (Å²) in [6, 6.07) is 3.20. The summed E-state index contributed by atoms with van der Waals surface area (Å²) in [5.41, 5.74) is -0.0309. The molecule has 1 saturated heterocycles. The second-order valence-electron chi connectivity index (χ2n) is 5.27. The maximum Gasteiger partial charge on any atom is 0.240 e. The van der Waals surface area contributed by atoms with E-state index in [9.17, 15) is 12.8 Å². The minimum Gasteiger partial charge on any atom is -0.392 e. The number of sulfonamides is 1. The van der Waals surface area contributed by atoms with Gasteiger partial charge in [-0.15, -0.1) is 0 Å². The minimum absolute atomic E-state index is 0.0309. The minimum atomic E-state index is -3.73. The Morgan fingerprint density at radius 3 is 2.71 bits per heavy atom. The fourth-order valence-corrected chi connectivity index (χ4v) is 3.83. The molecule has 0 aromatic heterocycles. The molecular weight excluding hydrogens is 297 g/mol. The van der Waals surface area contributed by atoms with Crippen molar-refractivity contribution in [2.75, 3.05) is 13.2 Å². The Hall–Kier alpha value is -1.02. The number of hydrogen-bond donors (Lipinski definition) is 2. The average molecular weight is 317 g/mol. The first kappa shape index (κ1) is 16.4. The molecule has 2 N–H and O–H groups in total. The lowest BCUT2D eigenvalue weighted by molar-refractivity contribution is 0.0585. The van der Waals surface area contributed by atoms with Gasteiger partial charge in [-0.1, -0.05) is 0 Å². The van der Waals surface area contributed by atoms with Gasteiger partial charge in [0.1, 0.15) is 5.82 Å². The number of ether oxygens (including phenoxy) is 1. The molecule has 21 heavy (non-hydrogen) atoms. The number of aliphatic hydroxyl groups excluding tert-OH is 1. The van der Waals surface area contributed by atoms with Gasteiger partial charge in [0.2, 0.25) is 10.0 Å². The Morgan fingerprint density at radius 2 is 2.10 bits per heavy atom. The fraction of sp³-hybridized carbons (Fsp3) is 0.571. The van der Waals surface area contributed by atoms with Crippen molar-refractivity contribution in [1.82, 2.24) is 4.72 Å². The normalized spacial score (nSPS) is 18.6. The number of nitrogens with one attached hydrogen (secondary N) is 1. The van der Waals surface area contributed by atoms with Crippen LogP contribution in [-0.4, -0.2) is 32.8 Å². The third kappa shape index (κ3) is 4.00. The topological polar surface area (TPSA) is 75.6 Å². The molecule has 1 heterocycles. The second-order valence-corrected chi connectivity index (χ2v) is 6.99. The van der Waals surface area contributed by atoms with Gasteiger partial charge in [-0.3, -0.25) is 0 Å². The lowest BCUT2D eigenvalue weighted by Crippen LogP contribution is -2.40. The van der Waals surface area contributed by atoms with Gasteiger partial charge in [0.05, 0.1) is 11.5 Å². The summed E-state index contributed by atoms with van der Waals surface area (Å²) in [6.45, 7) is 2.57. The number of rotatable bonds is 5. The second kappa shape index (κ2) is 6.83. The van der Waals surface area contributed by atoms with Crippen molar-refractivity contribution in [3.05, 3.63) is 29.6 Å². The standard InChI is InChI=1S/C14H20FNO4S/c1-10(11-4-6-20-7-5-11)16-21(18,19)13-2-3-14(15)12(8-13)9-17/h2-3,8,10-11,16-17H,4-7,9H2,1H3. The Labute approximate surface area is 124 Å². The zero-order valence-electron chi connectivity index (χ0n) is 11.9. The molecule has 0 amide bonds. The Kier molecular flexibility index (Phi) is 5.32. The molecule has 2 rings (SSSR count). The van der Waals surface area contributed by atoms with Gasteiger partial charge < -0.3 is 9.84 Å². The number of aliphatic hydroxyl groups is 1. The van der Waals surface area contributed by atoms with Gasteiger partial charge in [-0.25, -0.2) is 17.5 Å². The largest absolute Gasteiger partial charge is 0.392 e. The highest BCUT2D eigenvalue weighted by atomic mass is 32.2. The molecule has 0 bridgehead atoms. The van der Waals surface area contributed by atoms with E-state index in [1.165, 1.54) is 6.07 Å². The third-order valence-corrected chi connectivity index (χ3v) is 5.37. The van der Waals surface area contributed by atoms with E-state index in [4.69, 9.17) is 9.84 Å². The average Bonchev–Trinajstić information content (AvgIpc) is 2.48. The van der Waals surface area contributed by atoms with Crippen molar-refractivity contribution in [2.45, 2.75) is 37.3 Å². The van der Waals surface area contributed by atoms with E-state index in [1.807, 2.05) is 6.92 Å². The summed E-state index contributed by atoms with van der Waals surface area (Å²) in [6.07, 6.45) is 1.63. The molecule has 1 aliphatic heterocycles. The first-order chi connectivity index (χ1) is 9.94. The lowest BCUT2D eigenvalue weighted by atomic mass is 9.94. The molecule has 0 spiro atoms. The van der Waals surface area contributed by atoms with Crippen molar-refractivity contribution in [2.24, 2.45) is 5.92 Å². The molecule has 5 nitrogen and oxygen atoms in total. The van der Waals surface area contributed by atoms with Crippen LogP contribution in [0, 0.1) is 11.7 Å². The van der Waals surface area contributed by atoms with Crippen molar-refractivity contribution < 1.29 is 22.7 Å². The van der Waals surface area contributed by atoms with Crippen LogP contribution < -0.4 is 4.72 Å². The van der Waals surface area contributed by atoms with Crippen LogP contribution in [0.5, 0.6) is 0 Å². The van der Waals surface area contributed by atoms with Gasteiger partial charge in [0, 0.05) is 24.8 Å². The van der Waals surface area contributed by atoms with Crippen molar-refractivity contribution in [3.8, 4) is 0 Å². The van der Waals surface area contributed by atoms with Crippen LogP contribution in [0.3, 0.4) is 0 Å². The smallest absolute Gasteiger partial charge is 0.240 e. The molecule has 0 aliphatic carbocycles. The molecule has 1 aromatic carbocycles. The maximum atomic E-state index is 13.3. The number of benzene rings is 1. The summed E-state index contributed by atoms with van der Waals surface area (Å²) in [5, 5.41) is 9.03. The van der Waals surface area contributed by atoms with E-state index >= 15 is 0 Å². The van der Waals surface area contributed by atoms with E-state index in [0.717, 1.165) is 25.0 Å². The SMILES string of the molecule is CC(NS(=O)(=O)c1ccc(F)c(CO)c1)C1CCOCC1. The highest BCUT2D eigenvalue weighted by Gasteiger charge is 2.25. The van der Waals surface area contributed by atoms with Crippen LogP contribution in [0.25, 0.3) is 0 Å². The molecule has 1 fully saturated rings. The van der Waals surface area contributed by atoms with Gasteiger partial charge in [0.25, 0.3) is 0 Å². The highest BCUT2D eigenvalue weighted by molar-refractivity contribution is 7.89. The van der Waals surface area contributed by atoms with Crippen molar-refractivity contribution in [1.29, 1.82) is 0 Å². The van der Waals surface area contributed by atoms with E-state index < -0.39 is 22.4 Å². The number of halogens is 1. The van der Waals surface area contributed by atoms with Gasteiger partial charge >= 0.3 is 0 Å². The molecule has 0 saturated carbocycles. The van der Waals surface area contributed by atoms with Crippen LogP contribution in [0.15, 0.2) is 23.1 Å². The first-order valence-corrected chi connectivity index (χ1v) is 8.41. The summed E-state index contributed by atoms with van der Waals surface area (Å²) in [5.74, 6) is -0.389. The van der Waals surface area contributed by atoms with Crippen LogP contribution in [-0.2, 0) is 21.4 Å². The molecule has 1 unspecified atom stereocenters. The lowest BCUT2D eigenvalue weighted by Gasteiger charge is -2.28. The van der Waals surface area contributed by atoms with Gasteiger partial charge in [-0.05, 0) is 43.9 Å². The molecule has 1 aromatic rings. The molecule has 0 radical (unpaired) electrons. The van der Waals surface area contributed by atoms with Gasteiger partial charge in [-0.2, -0.15) is 0 Å². The Morgan fingerprint density at radius 1 is 1.43 bits per heavy atom. The predicted octanol–water partition coefficient (Wildman–Crippen LogP) is 1.41. The third-order valence-electron chi connectivity index (χ3n) is 3.81. The van der Waals surface area contributed by atoms with E-state index in [1.54, 1.807) is 0 Å². The van der Waals surface area contributed by atoms with E-state index in [0.29, 0.717) is 13.2 Å². The summed E-state index contributed by atoms with van der Waals surface area (Å²) >= 11 is 0. The monoisotopic (exact) mass is 317 g/mol. The quantitative estimate of drug-likeness (QED) is 0.861. The van der Waals surface area contributed by atoms with Crippen LogP contribution in [0.1, 0.15) is 25.3 Å². The zero-order chi connectivity index (χ0) is 15.5. The van der Waals surface area contributed by atoms with Crippen molar-refractivity contribution >= 4 is 10.0 Å². The maximum absolute atomic E-state index is 13.3. The fourth-order valence-electron chi connectivity index (χ4n) is 2.46. The van der Waals surface area contributed by atoms with Crippen LogP contribution in [0.2, 0.25) is 0 Å². The molecule has 1 aliphatic rings. The predicted molar refractivity (Wildman–Crippen MR) is 75.6 cm³/mol. The van der Waals surface area contributed by atoms with Crippen LogP contribution in [0.4, 0.5) is 4.39 Å². The Balaban J connectivity index is 2.14. The number of hydrogen-bond acceptors (Lipinski definition) is 4. The summed E-state index contributed by atoms with van der Waals surface area (Å²) < 4.78 is 45.8. The van der Waals surface area contributed by atoms with E-state index in [-0.39, 0.29) is 22.4 Å². The molecular formula is C14H20FNO4S. The molecule has 1 atom stereocenters. The van der Waals surface area contributed by atoms with Crippen molar-refractivity contribution in [3.63, 3.8) is 0 Å². The molecule has 7 heteroatoms. The van der Waals surface area contributed by atoms with Gasteiger partial charge in [0.15, 0.2) is 0 Å². The molecule has 118 valence electrons. The summed E-state index contributed by atoms with van der Waals surface area (Å²) in [4.78, 5) is -0.0353. The Bertz CT molecular complexity index is 585. The first-order valence-electron chi connectivity index (χ1n) is 6.93. The van der Waals surface area contributed by atoms with Crippen LogP contribution >= 0.6 is 0 Å². The summed E-state index contributed by atoms with van der Waals surface area (Å²) in [7, 11) is -3.73. The zero-order valence-corrected chi connectivity index (χ0v) is 12.7.